The van der Waals surface area contributed by atoms with E-state index in [2.05, 4.69) is 11.0 Å². The number of hydrogen-bond acceptors (Lipinski definition) is 7. The highest BCUT2D eigenvalue weighted by atomic mass is 32.2. The molecule has 0 radical (unpaired) electrons. The van der Waals surface area contributed by atoms with Gasteiger partial charge >= 0.3 is 10.1 Å². The third-order valence-electron chi connectivity index (χ3n) is 5.82. The van der Waals surface area contributed by atoms with Crippen LogP contribution in [0.1, 0.15) is 28.8 Å². The van der Waals surface area contributed by atoms with Crippen molar-refractivity contribution in [3.63, 3.8) is 0 Å². The minimum atomic E-state index is -4.28. The summed E-state index contributed by atoms with van der Waals surface area (Å²) in [5.74, 6) is -0.218. The number of amides is 1. The first kappa shape index (κ1) is 24.2. The van der Waals surface area contributed by atoms with Gasteiger partial charge in [-0.15, -0.1) is 0 Å². The smallest absolute Gasteiger partial charge is 0.339 e. The molecule has 1 aliphatic rings. The van der Waals surface area contributed by atoms with Crippen molar-refractivity contribution in [3.05, 3.63) is 94.0 Å². The molecular weight excluding hydrogens is 470 g/mol. The van der Waals surface area contributed by atoms with Crippen molar-refractivity contribution in [2.24, 2.45) is 0 Å². The van der Waals surface area contributed by atoms with Gasteiger partial charge in [0.2, 0.25) is 0 Å². The van der Waals surface area contributed by atoms with E-state index >= 15 is 0 Å². The van der Waals surface area contributed by atoms with Gasteiger partial charge in [-0.25, -0.2) is 0 Å². The van der Waals surface area contributed by atoms with Gasteiger partial charge < -0.3 is 14.0 Å². The molecule has 4 rings (SSSR count). The maximum absolute atomic E-state index is 13.0. The predicted octanol–water partition coefficient (Wildman–Crippen LogP) is 4.23. The van der Waals surface area contributed by atoms with Gasteiger partial charge in [-0.2, -0.15) is 8.42 Å². The Kier molecular flexibility index (Phi) is 7.02. The average molecular weight is 496 g/mol. The van der Waals surface area contributed by atoms with Crippen molar-refractivity contribution >= 4 is 27.4 Å². The maximum atomic E-state index is 13.0. The molecule has 1 fully saturated rings. The van der Waals surface area contributed by atoms with Crippen molar-refractivity contribution in [1.29, 1.82) is 0 Å². The Balaban J connectivity index is 1.45. The lowest BCUT2D eigenvalue weighted by atomic mass is 10.1. The van der Waals surface area contributed by atoms with Crippen LogP contribution in [0.3, 0.4) is 0 Å². The SMILES string of the molecule is CN(Cc1ccccc1N1CCCC1)C(=O)c1ccc(OS(=O)(=O)c2cccc([N+](=O)[O-])c2)cc1. The van der Waals surface area contributed by atoms with E-state index in [1.165, 1.54) is 42.5 Å². The van der Waals surface area contributed by atoms with Crippen LogP contribution in [0, 0.1) is 10.1 Å². The van der Waals surface area contributed by atoms with E-state index in [1.807, 2.05) is 18.2 Å². The summed E-state index contributed by atoms with van der Waals surface area (Å²) in [7, 11) is -2.55. The first-order valence-electron chi connectivity index (χ1n) is 11.1. The van der Waals surface area contributed by atoms with Crippen LogP contribution < -0.4 is 9.08 Å². The number of para-hydroxylation sites is 1. The van der Waals surface area contributed by atoms with Gasteiger partial charge in [-0.05, 0) is 54.8 Å². The van der Waals surface area contributed by atoms with E-state index in [4.69, 9.17) is 4.18 Å². The Hall–Kier alpha value is -3.92. The van der Waals surface area contributed by atoms with E-state index in [9.17, 15) is 23.3 Å². The van der Waals surface area contributed by atoms with Crippen molar-refractivity contribution in [3.8, 4) is 5.75 Å². The van der Waals surface area contributed by atoms with Gasteiger partial charge in [0.1, 0.15) is 10.6 Å². The number of carbonyl (C=O) groups excluding carboxylic acids is 1. The fraction of sp³-hybridized carbons (Fsp3) is 0.240. The van der Waals surface area contributed by atoms with Crippen molar-refractivity contribution < 1.29 is 22.3 Å². The zero-order valence-corrected chi connectivity index (χ0v) is 20.0. The summed E-state index contributed by atoms with van der Waals surface area (Å²) < 4.78 is 30.2. The van der Waals surface area contributed by atoms with E-state index in [1.54, 1.807) is 11.9 Å². The summed E-state index contributed by atoms with van der Waals surface area (Å²) in [5.41, 5.74) is 2.23. The van der Waals surface area contributed by atoms with Crippen LogP contribution in [0.4, 0.5) is 11.4 Å². The zero-order chi connectivity index (χ0) is 25.0. The second kappa shape index (κ2) is 10.1. The summed E-state index contributed by atoms with van der Waals surface area (Å²) in [6, 6.07) is 18.4. The number of hydrogen-bond donors (Lipinski definition) is 0. The lowest BCUT2D eigenvalue weighted by Crippen LogP contribution is -2.28. The minimum Gasteiger partial charge on any atom is -0.379 e. The van der Waals surface area contributed by atoms with Gasteiger partial charge in [0.25, 0.3) is 11.6 Å². The molecule has 0 atom stereocenters. The van der Waals surface area contributed by atoms with Gasteiger partial charge in [0.05, 0.1) is 4.92 Å². The Morgan fingerprint density at radius 2 is 1.71 bits per heavy atom. The van der Waals surface area contributed by atoms with Crippen LogP contribution in [-0.4, -0.2) is 44.3 Å². The molecule has 35 heavy (non-hydrogen) atoms. The van der Waals surface area contributed by atoms with Crippen LogP contribution in [0.25, 0.3) is 0 Å². The Labute approximate surface area is 203 Å². The number of rotatable bonds is 8. The van der Waals surface area contributed by atoms with E-state index < -0.39 is 15.0 Å². The number of benzene rings is 3. The lowest BCUT2D eigenvalue weighted by Gasteiger charge is -2.24. The van der Waals surface area contributed by atoms with Crippen LogP contribution in [-0.2, 0) is 16.7 Å². The molecule has 1 amide bonds. The summed E-state index contributed by atoms with van der Waals surface area (Å²) in [6.45, 7) is 2.45. The molecule has 1 saturated heterocycles. The second-order valence-corrected chi connectivity index (χ2v) is 9.85. The van der Waals surface area contributed by atoms with Gasteiger partial charge in [0, 0.05) is 50.1 Å². The monoisotopic (exact) mass is 495 g/mol. The van der Waals surface area contributed by atoms with Gasteiger partial charge in [-0.3, -0.25) is 14.9 Å². The molecule has 0 bridgehead atoms. The number of carbonyl (C=O) groups is 1. The molecule has 3 aromatic rings. The minimum absolute atomic E-state index is 0.00455. The summed E-state index contributed by atoms with van der Waals surface area (Å²) in [4.78, 5) is 26.9. The molecule has 0 aliphatic carbocycles. The highest BCUT2D eigenvalue weighted by Crippen LogP contribution is 2.26. The van der Waals surface area contributed by atoms with Gasteiger partial charge in [-0.1, -0.05) is 24.3 Å². The molecule has 182 valence electrons. The lowest BCUT2D eigenvalue weighted by molar-refractivity contribution is -0.385. The highest BCUT2D eigenvalue weighted by molar-refractivity contribution is 7.87. The van der Waals surface area contributed by atoms with Crippen molar-refractivity contribution in [2.45, 2.75) is 24.3 Å². The number of nitro groups is 1. The molecule has 0 spiro atoms. The van der Waals surface area contributed by atoms with Gasteiger partial charge in [0.15, 0.2) is 0 Å². The van der Waals surface area contributed by atoms with Crippen LogP contribution in [0.2, 0.25) is 0 Å². The first-order chi connectivity index (χ1) is 16.7. The average Bonchev–Trinajstić information content (AvgIpc) is 3.39. The summed E-state index contributed by atoms with van der Waals surface area (Å²) in [5, 5.41) is 10.9. The molecule has 3 aromatic carbocycles. The van der Waals surface area contributed by atoms with Crippen molar-refractivity contribution in [2.75, 3.05) is 25.0 Å². The molecule has 1 aliphatic heterocycles. The molecule has 10 heteroatoms. The third kappa shape index (κ3) is 5.60. The molecule has 1 heterocycles. The van der Waals surface area contributed by atoms with Crippen LogP contribution >= 0.6 is 0 Å². The number of nitrogens with zero attached hydrogens (tertiary/aromatic N) is 3. The van der Waals surface area contributed by atoms with Crippen LogP contribution in [0.5, 0.6) is 5.75 Å². The summed E-state index contributed by atoms with van der Waals surface area (Å²) in [6.07, 6.45) is 2.32. The molecular formula is C25H25N3O6S. The maximum Gasteiger partial charge on any atom is 0.339 e. The number of nitro benzene ring substituents is 1. The van der Waals surface area contributed by atoms with Crippen molar-refractivity contribution in [1.82, 2.24) is 4.90 Å². The topological polar surface area (TPSA) is 110 Å². The Morgan fingerprint density at radius 1 is 1.03 bits per heavy atom. The Morgan fingerprint density at radius 3 is 2.40 bits per heavy atom. The number of non-ortho nitro benzene ring substituents is 1. The molecule has 0 saturated carbocycles. The summed E-state index contributed by atoms with van der Waals surface area (Å²) >= 11 is 0. The fourth-order valence-corrected chi connectivity index (χ4v) is 5.01. The Bertz CT molecular complexity index is 1340. The van der Waals surface area contributed by atoms with E-state index in [0.29, 0.717) is 12.1 Å². The molecule has 0 N–H and O–H groups in total. The number of anilines is 1. The normalized spacial score (nSPS) is 13.5. The van der Waals surface area contributed by atoms with E-state index in [0.717, 1.165) is 43.2 Å². The second-order valence-electron chi connectivity index (χ2n) is 8.30. The standard InChI is InChI=1S/C25H25N3O6S/c1-26(18-20-7-2-3-10-24(20)27-15-4-5-16-27)25(29)19-11-13-22(14-12-19)34-35(32,33)23-9-6-8-21(17-23)28(30)31/h2-3,6-14,17H,4-5,15-16,18H2,1H3. The zero-order valence-electron chi connectivity index (χ0n) is 19.2. The molecule has 9 nitrogen and oxygen atoms in total. The third-order valence-corrected chi connectivity index (χ3v) is 7.06. The predicted molar refractivity (Wildman–Crippen MR) is 131 cm³/mol. The molecule has 0 aromatic heterocycles. The highest BCUT2D eigenvalue weighted by Gasteiger charge is 2.21. The van der Waals surface area contributed by atoms with Crippen LogP contribution in [0.15, 0.2) is 77.7 Å². The first-order valence-corrected chi connectivity index (χ1v) is 12.5. The molecule has 0 unspecified atom stereocenters. The largest absolute Gasteiger partial charge is 0.379 e. The quantitative estimate of drug-likeness (QED) is 0.261. The fourth-order valence-electron chi connectivity index (χ4n) is 4.04. The van der Waals surface area contributed by atoms with E-state index in [-0.39, 0.29) is 22.2 Å².